The number of sulfonamides is 1. The molecule has 0 aliphatic heterocycles. The predicted molar refractivity (Wildman–Crippen MR) is 69.8 cm³/mol. The maximum absolute atomic E-state index is 11.7. The Balaban J connectivity index is 2.26. The number of anilines is 1. The molecule has 1 aromatic heterocycles. The van der Waals surface area contributed by atoms with E-state index in [0.29, 0.717) is 19.6 Å². The molecule has 0 saturated carbocycles. The summed E-state index contributed by atoms with van der Waals surface area (Å²) >= 11 is 0.847. The number of ether oxygens (including phenoxy) is 1. The van der Waals surface area contributed by atoms with Gasteiger partial charge < -0.3 is 10.5 Å². The third-order valence-corrected chi connectivity index (χ3v) is 4.55. The summed E-state index contributed by atoms with van der Waals surface area (Å²) in [5.41, 5.74) is 5.33. The highest BCUT2D eigenvalue weighted by molar-refractivity contribution is 7.91. The van der Waals surface area contributed by atoms with Crippen LogP contribution in [0, 0.1) is 0 Å². The van der Waals surface area contributed by atoms with Crippen molar-refractivity contribution in [2.75, 3.05) is 18.9 Å². The summed E-state index contributed by atoms with van der Waals surface area (Å²) in [6, 6.07) is 0. The van der Waals surface area contributed by atoms with Crippen LogP contribution in [0.2, 0.25) is 0 Å². The van der Waals surface area contributed by atoms with Crippen molar-refractivity contribution < 1.29 is 13.2 Å². The molecule has 7 nitrogen and oxygen atoms in total. The van der Waals surface area contributed by atoms with E-state index in [4.69, 9.17) is 10.5 Å². The first-order valence-electron chi connectivity index (χ1n) is 5.62. The Morgan fingerprint density at radius 2 is 2.11 bits per heavy atom. The molecule has 1 rings (SSSR count). The first-order valence-corrected chi connectivity index (χ1v) is 7.92. The van der Waals surface area contributed by atoms with Crippen molar-refractivity contribution in [1.82, 2.24) is 14.9 Å². The van der Waals surface area contributed by atoms with Crippen LogP contribution in [-0.2, 0) is 14.8 Å². The van der Waals surface area contributed by atoms with Crippen LogP contribution >= 0.6 is 11.3 Å². The number of nitrogens with zero attached hydrogens (tertiary/aromatic N) is 2. The Hall–Kier alpha value is -0.770. The molecule has 0 radical (unpaired) electrons. The quantitative estimate of drug-likeness (QED) is 0.680. The highest BCUT2D eigenvalue weighted by Gasteiger charge is 2.18. The lowest BCUT2D eigenvalue weighted by Crippen LogP contribution is -2.25. The Kier molecular flexibility index (Phi) is 5.93. The average molecular weight is 294 g/mol. The van der Waals surface area contributed by atoms with Crippen LogP contribution in [-0.4, -0.2) is 37.9 Å². The van der Waals surface area contributed by atoms with Gasteiger partial charge in [0.2, 0.25) is 9.47 Å². The molecule has 0 aromatic carbocycles. The largest absolute Gasteiger partial charge is 0.379 e. The summed E-state index contributed by atoms with van der Waals surface area (Å²) in [7, 11) is -3.57. The predicted octanol–water partition coefficient (Wildman–Crippen LogP) is 0.604. The van der Waals surface area contributed by atoms with Crippen molar-refractivity contribution in [1.29, 1.82) is 0 Å². The standard InChI is InChI=1S/C9H18N4O3S2/c1-7(2)16-6-4-3-5-11-18(14,15)9-13-12-8(10)17-9/h7,11H,3-6H2,1-2H3,(H2,10,12). The van der Waals surface area contributed by atoms with Crippen molar-refractivity contribution in [2.24, 2.45) is 0 Å². The van der Waals surface area contributed by atoms with E-state index in [9.17, 15) is 8.42 Å². The summed E-state index contributed by atoms with van der Waals surface area (Å²) in [6.45, 7) is 4.90. The van der Waals surface area contributed by atoms with Crippen LogP contribution < -0.4 is 10.5 Å². The number of nitrogens with two attached hydrogens (primary N) is 1. The summed E-state index contributed by atoms with van der Waals surface area (Å²) in [5.74, 6) is 0. The minimum Gasteiger partial charge on any atom is -0.379 e. The average Bonchev–Trinajstić information content (AvgIpc) is 2.70. The molecule has 0 bridgehead atoms. The Bertz CT molecular complexity index is 458. The molecule has 1 aromatic rings. The zero-order valence-electron chi connectivity index (χ0n) is 10.4. The smallest absolute Gasteiger partial charge is 0.269 e. The SMILES string of the molecule is CC(C)OCCCCNS(=O)(=O)c1nnc(N)s1. The van der Waals surface area contributed by atoms with Gasteiger partial charge in [-0.2, -0.15) is 0 Å². The topological polar surface area (TPSA) is 107 Å². The Morgan fingerprint density at radius 3 is 2.67 bits per heavy atom. The van der Waals surface area contributed by atoms with E-state index >= 15 is 0 Å². The van der Waals surface area contributed by atoms with Crippen LogP contribution in [0.25, 0.3) is 0 Å². The van der Waals surface area contributed by atoms with E-state index in [1.54, 1.807) is 0 Å². The third kappa shape index (κ3) is 5.25. The van der Waals surface area contributed by atoms with Gasteiger partial charge in [0, 0.05) is 13.2 Å². The maximum atomic E-state index is 11.7. The monoisotopic (exact) mass is 294 g/mol. The first kappa shape index (κ1) is 15.3. The van der Waals surface area contributed by atoms with Gasteiger partial charge in [0.25, 0.3) is 10.0 Å². The molecule has 0 fully saturated rings. The van der Waals surface area contributed by atoms with Gasteiger partial charge in [0.05, 0.1) is 6.10 Å². The van der Waals surface area contributed by atoms with E-state index in [2.05, 4.69) is 14.9 Å². The number of nitrogens with one attached hydrogen (secondary N) is 1. The molecule has 0 aliphatic rings. The van der Waals surface area contributed by atoms with Crippen LogP contribution in [0.4, 0.5) is 5.13 Å². The van der Waals surface area contributed by atoms with E-state index in [1.807, 2.05) is 13.8 Å². The molecule has 0 amide bonds. The van der Waals surface area contributed by atoms with Crippen LogP contribution in [0.15, 0.2) is 4.34 Å². The zero-order valence-corrected chi connectivity index (χ0v) is 12.1. The Labute approximate surface area is 111 Å². The molecule has 1 heterocycles. The molecule has 104 valence electrons. The highest BCUT2D eigenvalue weighted by Crippen LogP contribution is 2.16. The summed E-state index contributed by atoms with van der Waals surface area (Å²) in [5, 5.41) is 7.10. The van der Waals surface area contributed by atoms with Gasteiger partial charge in [0.15, 0.2) is 0 Å². The van der Waals surface area contributed by atoms with Crippen LogP contribution in [0.3, 0.4) is 0 Å². The zero-order chi connectivity index (χ0) is 13.6. The molecule has 0 unspecified atom stereocenters. The lowest BCUT2D eigenvalue weighted by Gasteiger charge is -2.07. The second-order valence-corrected chi connectivity index (χ2v) is 6.88. The van der Waals surface area contributed by atoms with E-state index in [-0.39, 0.29) is 15.6 Å². The fraction of sp³-hybridized carbons (Fsp3) is 0.778. The molecule has 0 atom stereocenters. The Morgan fingerprint density at radius 1 is 1.39 bits per heavy atom. The lowest BCUT2D eigenvalue weighted by atomic mass is 10.3. The summed E-state index contributed by atoms with van der Waals surface area (Å²) in [4.78, 5) is 0. The van der Waals surface area contributed by atoms with Crippen molar-refractivity contribution in [3.8, 4) is 0 Å². The van der Waals surface area contributed by atoms with Gasteiger partial charge in [-0.05, 0) is 26.7 Å². The fourth-order valence-electron chi connectivity index (χ4n) is 1.14. The van der Waals surface area contributed by atoms with Crippen molar-refractivity contribution in [3.05, 3.63) is 0 Å². The molecule has 18 heavy (non-hydrogen) atoms. The van der Waals surface area contributed by atoms with Gasteiger partial charge in [-0.25, -0.2) is 13.1 Å². The van der Waals surface area contributed by atoms with Crippen LogP contribution in [0.1, 0.15) is 26.7 Å². The van der Waals surface area contributed by atoms with E-state index in [0.717, 1.165) is 17.8 Å². The lowest BCUT2D eigenvalue weighted by molar-refractivity contribution is 0.0762. The summed E-state index contributed by atoms with van der Waals surface area (Å²) < 4.78 is 31.1. The van der Waals surface area contributed by atoms with Crippen molar-refractivity contribution >= 4 is 26.5 Å². The number of nitrogen functional groups attached to an aromatic ring is 1. The van der Waals surface area contributed by atoms with E-state index < -0.39 is 10.0 Å². The first-order chi connectivity index (χ1) is 8.42. The second kappa shape index (κ2) is 6.98. The number of rotatable bonds is 8. The molecule has 3 N–H and O–H groups in total. The molecule has 0 aliphatic carbocycles. The number of hydrogen-bond donors (Lipinski definition) is 2. The second-order valence-electron chi connectivity index (χ2n) is 3.93. The molecule has 0 spiro atoms. The molecular weight excluding hydrogens is 276 g/mol. The normalized spacial score (nSPS) is 12.2. The third-order valence-electron chi connectivity index (χ3n) is 1.97. The molecular formula is C9H18N4O3S2. The van der Waals surface area contributed by atoms with Crippen molar-refractivity contribution in [3.63, 3.8) is 0 Å². The van der Waals surface area contributed by atoms with Crippen molar-refractivity contribution in [2.45, 2.75) is 37.1 Å². The van der Waals surface area contributed by atoms with Gasteiger partial charge in [-0.3, -0.25) is 0 Å². The van der Waals surface area contributed by atoms with Gasteiger partial charge >= 0.3 is 0 Å². The number of hydrogen-bond acceptors (Lipinski definition) is 7. The van der Waals surface area contributed by atoms with Gasteiger partial charge in [0.1, 0.15) is 0 Å². The number of aromatic nitrogens is 2. The number of unbranched alkanes of at least 4 members (excludes halogenated alkanes) is 1. The minimum atomic E-state index is -3.57. The van der Waals surface area contributed by atoms with Crippen LogP contribution in [0.5, 0.6) is 0 Å². The summed E-state index contributed by atoms with van der Waals surface area (Å²) in [6.07, 6.45) is 1.71. The minimum absolute atomic E-state index is 0.0987. The highest BCUT2D eigenvalue weighted by atomic mass is 32.2. The van der Waals surface area contributed by atoms with Gasteiger partial charge in [-0.15, -0.1) is 10.2 Å². The molecule has 9 heteroatoms. The van der Waals surface area contributed by atoms with E-state index in [1.165, 1.54) is 0 Å². The fourth-order valence-corrected chi connectivity index (χ4v) is 3.04. The maximum Gasteiger partial charge on any atom is 0.269 e. The molecule has 0 saturated heterocycles. The van der Waals surface area contributed by atoms with Gasteiger partial charge in [-0.1, -0.05) is 11.3 Å².